The van der Waals surface area contributed by atoms with Gasteiger partial charge in [-0.25, -0.2) is 4.39 Å². The highest BCUT2D eigenvalue weighted by Crippen LogP contribution is 2.37. The number of rotatable bonds is 11. The Morgan fingerprint density at radius 1 is 1.14 bits per heavy atom. The molecule has 3 atom stereocenters. The van der Waals surface area contributed by atoms with Gasteiger partial charge in [0.1, 0.15) is 11.9 Å². The maximum absolute atomic E-state index is 14.2. The fourth-order valence-corrected chi connectivity index (χ4v) is 6.11. The maximum atomic E-state index is 14.2. The number of carbonyl (C=O) groups is 1. The summed E-state index contributed by atoms with van der Waals surface area (Å²) in [6.45, 7) is 2.49. The van der Waals surface area contributed by atoms with E-state index in [9.17, 15) is 14.3 Å². The van der Waals surface area contributed by atoms with Crippen molar-refractivity contribution in [2.45, 2.75) is 88.9 Å². The lowest BCUT2D eigenvalue weighted by Gasteiger charge is -2.28. The lowest BCUT2D eigenvalue weighted by molar-refractivity contribution is -0.143. The van der Waals surface area contributed by atoms with Crippen molar-refractivity contribution in [1.82, 2.24) is 9.88 Å². The molecule has 2 fully saturated rings. The number of carboxylic acid groups (broad SMARTS) is 1. The van der Waals surface area contributed by atoms with E-state index in [1.54, 1.807) is 6.07 Å². The lowest BCUT2D eigenvalue weighted by Crippen LogP contribution is -2.34. The van der Waals surface area contributed by atoms with Crippen LogP contribution in [0.3, 0.4) is 0 Å². The van der Waals surface area contributed by atoms with Crippen LogP contribution in [-0.2, 0) is 33.5 Å². The topological polar surface area (TPSA) is 71.9 Å². The summed E-state index contributed by atoms with van der Waals surface area (Å²) < 4.78 is 26.1. The molecule has 3 aliphatic rings. The van der Waals surface area contributed by atoms with Crippen LogP contribution < -0.4 is 0 Å². The van der Waals surface area contributed by atoms with E-state index < -0.39 is 17.8 Å². The monoisotopic (exact) mass is 510 g/mol. The second-order valence-electron chi connectivity index (χ2n) is 10.7. The largest absolute Gasteiger partial charge is 0.480 e. The number of benzene rings is 1. The van der Waals surface area contributed by atoms with Crippen LogP contribution in [0, 0.1) is 5.82 Å². The Hall–Kier alpha value is -2.35. The molecule has 0 saturated carbocycles. The molecule has 0 radical (unpaired) electrons. The fraction of sp³-hybridized carbons (Fsp3) is 0.600. The number of unbranched alkanes of at least 4 members (excludes halogenated alkanes) is 2. The Labute approximate surface area is 219 Å². The first-order valence-corrected chi connectivity index (χ1v) is 14.1. The molecule has 6 nitrogen and oxygen atoms in total. The second kappa shape index (κ2) is 12.5. The van der Waals surface area contributed by atoms with Crippen molar-refractivity contribution in [2.24, 2.45) is 0 Å². The van der Waals surface area contributed by atoms with Crippen LogP contribution in [-0.4, -0.2) is 53.4 Å². The minimum Gasteiger partial charge on any atom is -0.480 e. The zero-order valence-corrected chi connectivity index (χ0v) is 21.7. The summed E-state index contributed by atoms with van der Waals surface area (Å²) in [6.07, 6.45) is 11.4. The van der Waals surface area contributed by atoms with Crippen molar-refractivity contribution in [2.75, 3.05) is 26.3 Å². The van der Waals surface area contributed by atoms with E-state index in [0.717, 1.165) is 56.9 Å². The van der Waals surface area contributed by atoms with E-state index in [-0.39, 0.29) is 12.2 Å². The van der Waals surface area contributed by atoms with Gasteiger partial charge in [-0.15, -0.1) is 0 Å². The highest BCUT2D eigenvalue weighted by molar-refractivity contribution is 5.76. The van der Waals surface area contributed by atoms with Crippen LogP contribution in [0.2, 0.25) is 0 Å². The molecule has 1 aromatic carbocycles. The summed E-state index contributed by atoms with van der Waals surface area (Å²) in [4.78, 5) is 19.1. The molecule has 7 heteroatoms. The van der Waals surface area contributed by atoms with E-state index in [0.29, 0.717) is 31.9 Å². The number of carboxylic acids is 1. The van der Waals surface area contributed by atoms with E-state index >= 15 is 0 Å². The molecule has 0 amide bonds. The Morgan fingerprint density at radius 3 is 2.86 bits per heavy atom. The maximum Gasteiger partial charge on any atom is 0.325 e. The molecule has 1 N–H and O–H groups in total. The Kier molecular flexibility index (Phi) is 8.85. The van der Waals surface area contributed by atoms with Gasteiger partial charge in [-0.2, -0.15) is 0 Å². The molecule has 2 unspecified atom stereocenters. The second-order valence-corrected chi connectivity index (χ2v) is 10.7. The van der Waals surface area contributed by atoms with Crippen molar-refractivity contribution in [3.05, 3.63) is 64.2 Å². The van der Waals surface area contributed by atoms with Crippen molar-refractivity contribution in [3.8, 4) is 0 Å². The van der Waals surface area contributed by atoms with E-state index in [2.05, 4.69) is 12.1 Å². The molecule has 37 heavy (non-hydrogen) atoms. The standard InChI is InChI=1S/C30H39FN2O4/c31-22-12-14-25(28-10-6-18-37-28)26(19-22)29(30(34)35)33-16-15-24(20-33)36-17-5-1-2-8-23-13-11-21-7-3-4-9-27(21)32-23/h11-14,19,24,28-29H,1-10,15-18,20H2,(H,34,35)/t24-,28?,29?/m1/s1. The van der Waals surface area contributed by atoms with Gasteiger partial charge in [-0.05, 0) is 99.1 Å². The predicted molar refractivity (Wildman–Crippen MR) is 139 cm³/mol. The molecule has 3 heterocycles. The summed E-state index contributed by atoms with van der Waals surface area (Å²) in [7, 11) is 0. The molecule has 2 saturated heterocycles. The number of hydrogen-bond donors (Lipinski definition) is 1. The SMILES string of the molecule is O=C(O)C(c1cc(F)ccc1C1CCCO1)N1CC[C@@H](OCCCCCc2ccc3c(n2)CCCC3)C1. The number of halogens is 1. The summed E-state index contributed by atoms with van der Waals surface area (Å²) in [6, 6.07) is 8.03. The fourth-order valence-electron chi connectivity index (χ4n) is 6.11. The normalized spacial score (nSPS) is 22.7. The average Bonchev–Trinajstić information content (AvgIpc) is 3.59. The van der Waals surface area contributed by atoms with E-state index in [1.165, 1.54) is 48.3 Å². The number of aromatic nitrogens is 1. The van der Waals surface area contributed by atoms with Crippen molar-refractivity contribution >= 4 is 5.97 Å². The highest BCUT2D eigenvalue weighted by Gasteiger charge is 2.37. The molecule has 0 bridgehead atoms. The third-order valence-corrected chi connectivity index (χ3v) is 8.06. The van der Waals surface area contributed by atoms with Crippen LogP contribution in [0.4, 0.5) is 4.39 Å². The molecule has 200 valence electrons. The number of fused-ring (bicyclic) bond motifs is 1. The van der Waals surface area contributed by atoms with Crippen LogP contribution in [0.15, 0.2) is 30.3 Å². The molecule has 1 aromatic heterocycles. The minimum atomic E-state index is -0.957. The van der Waals surface area contributed by atoms with Gasteiger partial charge >= 0.3 is 5.97 Å². The smallest absolute Gasteiger partial charge is 0.325 e. The van der Waals surface area contributed by atoms with Gasteiger partial charge in [-0.1, -0.05) is 18.6 Å². The first kappa shape index (κ1) is 26.3. The van der Waals surface area contributed by atoms with Gasteiger partial charge in [0, 0.05) is 37.7 Å². The van der Waals surface area contributed by atoms with Crippen molar-refractivity contribution in [1.29, 1.82) is 0 Å². The van der Waals surface area contributed by atoms with Crippen LogP contribution in [0.25, 0.3) is 0 Å². The van der Waals surface area contributed by atoms with E-state index in [4.69, 9.17) is 14.5 Å². The molecule has 2 aliphatic heterocycles. The molecular weight excluding hydrogens is 471 g/mol. The third-order valence-electron chi connectivity index (χ3n) is 8.06. The van der Waals surface area contributed by atoms with Crippen LogP contribution in [0.1, 0.15) is 91.6 Å². The summed E-state index contributed by atoms with van der Waals surface area (Å²) in [5.74, 6) is -1.37. The number of aliphatic carboxylic acids is 1. The van der Waals surface area contributed by atoms with Crippen LogP contribution >= 0.6 is 0 Å². The first-order chi connectivity index (χ1) is 18.1. The Balaban J connectivity index is 1.08. The van der Waals surface area contributed by atoms with Crippen molar-refractivity contribution < 1.29 is 23.8 Å². The number of likely N-dealkylation sites (tertiary alicyclic amines) is 1. The number of aryl methyl sites for hydroxylation is 3. The zero-order chi connectivity index (χ0) is 25.6. The highest BCUT2D eigenvalue weighted by atomic mass is 19.1. The molecule has 1 aliphatic carbocycles. The van der Waals surface area contributed by atoms with Gasteiger partial charge in [0.05, 0.1) is 12.2 Å². The molecular formula is C30H39FN2O4. The number of pyridine rings is 1. The summed E-state index contributed by atoms with van der Waals surface area (Å²) in [5.41, 5.74) is 5.24. The minimum absolute atomic E-state index is 0.00361. The quantitative estimate of drug-likeness (QED) is 0.398. The molecule has 2 aromatic rings. The Bertz CT molecular complexity index is 1070. The van der Waals surface area contributed by atoms with Gasteiger partial charge in [0.15, 0.2) is 0 Å². The average molecular weight is 511 g/mol. The third kappa shape index (κ3) is 6.57. The Morgan fingerprint density at radius 2 is 2.03 bits per heavy atom. The molecule has 5 rings (SSSR count). The van der Waals surface area contributed by atoms with E-state index in [1.807, 2.05) is 4.90 Å². The van der Waals surface area contributed by atoms with Gasteiger partial charge in [0.25, 0.3) is 0 Å². The number of ether oxygens (including phenoxy) is 2. The van der Waals surface area contributed by atoms with Gasteiger partial charge in [0.2, 0.25) is 0 Å². The number of nitrogens with zero attached hydrogens (tertiary/aromatic N) is 2. The zero-order valence-electron chi connectivity index (χ0n) is 21.7. The lowest BCUT2D eigenvalue weighted by atomic mass is 9.94. The predicted octanol–water partition coefficient (Wildman–Crippen LogP) is 5.58. The van der Waals surface area contributed by atoms with Gasteiger partial charge < -0.3 is 14.6 Å². The first-order valence-electron chi connectivity index (χ1n) is 14.1. The summed E-state index contributed by atoms with van der Waals surface area (Å²) >= 11 is 0. The molecule has 0 spiro atoms. The van der Waals surface area contributed by atoms with Crippen molar-refractivity contribution in [3.63, 3.8) is 0 Å². The number of hydrogen-bond acceptors (Lipinski definition) is 5. The van der Waals surface area contributed by atoms with Crippen LogP contribution in [0.5, 0.6) is 0 Å². The van der Waals surface area contributed by atoms with Gasteiger partial charge in [-0.3, -0.25) is 14.7 Å². The summed E-state index contributed by atoms with van der Waals surface area (Å²) in [5, 5.41) is 10.1.